The van der Waals surface area contributed by atoms with Gasteiger partial charge in [0.2, 0.25) is 0 Å². The maximum atomic E-state index is 12.4. The Bertz CT molecular complexity index is 551. The lowest BCUT2D eigenvalue weighted by atomic mass is 10.1. The molecule has 1 saturated carbocycles. The van der Waals surface area contributed by atoms with Gasteiger partial charge in [-0.05, 0) is 51.1 Å². The van der Waals surface area contributed by atoms with Gasteiger partial charge in [0, 0.05) is 25.6 Å². The first-order valence-corrected chi connectivity index (χ1v) is 8.88. The standard InChI is InChI=1S/C17H25N5O/c23-17(20-15-9-18-16(19-10-15)14-3-4-14)22-8-5-13(12-22)11-21-6-1-2-7-21/h9-10,13-14H,1-8,11-12H2,(H,20,23)/t13-/m0/s1. The van der Waals surface area contributed by atoms with E-state index < -0.39 is 0 Å². The number of hydrogen-bond acceptors (Lipinski definition) is 4. The second-order valence-corrected chi connectivity index (χ2v) is 7.14. The van der Waals surface area contributed by atoms with Gasteiger partial charge in [0.1, 0.15) is 5.82 Å². The third-order valence-electron chi connectivity index (χ3n) is 5.15. The predicted octanol–water partition coefficient (Wildman–Crippen LogP) is 2.30. The molecule has 1 atom stereocenters. The lowest BCUT2D eigenvalue weighted by Gasteiger charge is -2.20. The summed E-state index contributed by atoms with van der Waals surface area (Å²) in [4.78, 5) is 25.5. The van der Waals surface area contributed by atoms with Crippen LogP contribution in [0.5, 0.6) is 0 Å². The second kappa shape index (κ2) is 6.43. The minimum absolute atomic E-state index is 0.0170. The highest BCUT2D eigenvalue weighted by Crippen LogP contribution is 2.37. The average molecular weight is 315 g/mol. The molecule has 1 aromatic rings. The van der Waals surface area contributed by atoms with Crippen LogP contribution in [0.2, 0.25) is 0 Å². The molecule has 6 nitrogen and oxygen atoms in total. The summed E-state index contributed by atoms with van der Waals surface area (Å²) >= 11 is 0. The van der Waals surface area contributed by atoms with Gasteiger partial charge in [-0.3, -0.25) is 0 Å². The van der Waals surface area contributed by atoms with Crippen LogP contribution in [0.15, 0.2) is 12.4 Å². The maximum absolute atomic E-state index is 12.4. The SMILES string of the molecule is O=C(Nc1cnc(C2CC2)nc1)N1CC[C@@H](CN2CCCC2)C1. The van der Waals surface area contributed by atoms with Gasteiger partial charge >= 0.3 is 6.03 Å². The number of hydrogen-bond donors (Lipinski definition) is 1. The molecule has 4 rings (SSSR count). The Hall–Kier alpha value is -1.69. The van der Waals surface area contributed by atoms with Crippen molar-refractivity contribution in [3.05, 3.63) is 18.2 Å². The largest absolute Gasteiger partial charge is 0.324 e. The molecule has 124 valence electrons. The molecule has 6 heteroatoms. The van der Waals surface area contributed by atoms with Gasteiger partial charge in [-0.15, -0.1) is 0 Å². The first-order chi connectivity index (χ1) is 11.3. The Morgan fingerprint density at radius 1 is 1.13 bits per heavy atom. The predicted molar refractivity (Wildman–Crippen MR) is 88.4 cm³/mol. The summed E-state index contributed by atoms with van der Waals surface area (Å²) in [7, 11) is 0. The van der Waals surface area contributed by atoms with E-state index in [0.717, 1.165) is 31.9 Å². The van der Waals surface area contributed by atoms with Crippen molar-refractivity contribution in [2.45, 2.75) is 38.0 Å². The summed E-state index contributed by atoms with van der Waals surface area (Å²) in [5.41, 5.74) is 0.697. The van der Waals surface area contributed by atoms with Gasteiger partial charge in [-0.25, -0.2) is 14.8 Å². The zero-order valence-electron chi connectivity index (χ0n) is 13.6. The number of amides is 2. The van der Waals surface area contributed by atoms with E-state index in [0.29, 0.717) is 17.5 Å². The lowest BCUT2D eigenvalue weighted by molar-refractivity contribution is 0.217. The smallest absolute Gasteiger partial charge is 0.321 e. The molecule has 3 fully saturated rings. The summed E-state index contributed by atoms with van der Waals surface area (Å²) in [5.74, 6) is 2.08. The number of nitrogens with one attached hydrogen (secondary N) is 1. The van der Waals surface area contributed by atoms with Crippen molar-refractivity contribution < 1.29 is 4.79 Å². The van der Waals surface area contributed by atoms with E-state index in [1.54, 1.807) is 12.4 Å². The number of nitrogens with zero attached hydrogens (tertiary/aromatic N) is 4. The highest BCUT2D eigenvalue weighted by atomic mass is 16.2. The fourth-order valence-electron chi connectivity index (χ4n) is 3.65. The van der Waals surface area contributed by atoms with E-state index in [-0.39, 0.29) is 6.03 Å². The van der Waals surface area contributed by atoms with Crippen molar-refractivity contribution in [1.29, 1.82) is 0 Å². The molecule has 3 heterocycles. The van der Waals surface area contributed by atoms with Crippen molar-refractivity contribution in [3.63, 3.8) is 0 Å². The Labute approximate surface area is 137 Å². The Kier molecular flexibility index (Phi) is 4.16. The number of rotatable bonds is 4. The quantitative estimate of drug-likeness (QED) is 0.926. The fourth-order valence-corrected chi connectivity index (χ4v) is 3.65. The summed E-state index contributed by atoms with van der Waals surface area (Å²) < 4.78 is 0. The Morgan fingerprint density at radius 2 is 1.87 bits per heavy atom. The monoisotopic (exact) mass is 315 g/mol. The van der Waals surface area contributed by atoms with Crippen molar-refractivity contribution in [3.8, 4) is 0 Å². The molecule has 0 bridgehead atoms. The second-order valence-electron chi connectivity index (χ2n) is 7.14. The van der Waals surface area contributed by atoms with Crippen molar-refractivity contribution in [2.24, 2.45) is 5.92 Å². The van der Waals surface area contributed by atoms with Crippen LogP contribution in [0.4, 0.5) is 10.5 Å². The van der Waals surface area contributed by atoms with Gasteiger partial charge in [0.05, 0.1) is 18.1 Å². The van der Waals surface area contributed by atoms with Gasteiger partial charge in [0.15, 0.2) is 0 Å². The van der Waals surface area contributed by atoms with Crippen LogP contribution in [0.1, 0.15) is 43.8 Å². The van der Waals surface area contributed by atoms with E-state index in [1.807, 2.05) is 4.90 Å². The van der Waals surface area contributed by atoms with E-state index >= 15 is 0 Å². The number of carbonyl (C=O) groups is 1. The Balaban J connectivity index is 1.27. The fraction of sp³-hybridized carbons (Fsp3) is 0.706. The summed E-state index contributed by atoms with van der Waals surface area (Å²) in [6, 6.07) is -0.0170. The molecule has 0 unspecified atom stereocenters. The minimum atomic E-state index is -0.0170. The number of urea groups is 1. The van der Waals surface area contributed by atoms with Gasteiger partial charge < -0.3 is 15.1 Å². The molecule has 1 aliphatic carbocycles. The van der Waals surface area contributed by atoms with Crippen LogP contribution in [-0.2, 0) is 0 Å². The molecule has 23 heavy (non-hydrogen) atoms. The molecule has 1 N–H and O–H groups in total. The van der Waals surface area contributed by atoms with E-state index in [4.69, 9.17) is 0 Å². The first kappa shape index (κ1) is 14.9. The molecular formula is C17H25N5O. The van der Waals surface area contributed by atoms with Gasteiger partial charge in [-0.1, -0.05) is 0 Å². The molecular weight excluding hydrogens is 290 g/mol. The molecule has 2 aliphatic heterocycles. The Morgan fingerprint density at radius 3 is 2.57 bits per heavy atom. The summed E-state index contributed by atoms with van der Waals surface area (Å²) in [6.45, 7) is 5.32. The molecule has 0 spiro atoms. The third-order valence-corrected chi connectivity index (χ3v) is 5.15. The highest BCUT2D eigenvalue weighted by molar-refractivity contribution is 5.89. The summed E-state index contributed by atoms with van der Waals surface area (Å²) in [5, 5.41) is 2.93. The van der Waals surface area contributed by atoms with Crippen LogP contribution in [0.3, 0.4) is 0 Å². The molecule has 2 saturated heterocycles. The lowest BCUT2D eigenvalue weighted by Crippen LogP contribution is -2.34. The maximum Gasteiger partial charge on any atom is 0.321 e. The van der Waals surface area contributed by atoms with Crippen molar-refractivity contribution >= 4 is 11.7 Å². The van der Waals surface area contributed by atoms with Crippen LogP contribution in [-0.4, -0.2) is 58.5 Å². The highest BCUT2D eigenvalue weighted by Gasteiger charge is 2.29. The van der Waals surface area contributed by atoms with Gasteiger partial charge in [-0.2, -0.15) is 0 Å². The van der Waals surface area contributed by atoms with Crippen molar-refractivity contribution in [1.82, 2.24) is 19.8 Å². The average Bonchev–Trinajstić information content (AvgIpc) is 3.08. The van der Waals surface area contributed by atoms with E-state index in [9.17, 15) is 4.79 Å². The van der Waals surface area contributed by atoms with Crippen LogP contribution >= 0.6 is 0 Å². The van der Waals surface area contributed by atoms with Crippen LogP contribution < -0.4 is 5.32 Å². The molecule has 1 aromatic heterocycles. The molecule has 3 aliphatic rings. The zero-order chi connectivity index (χ0) is 15.6. The zero-order valence-corrected chi connectivity index (χ0v) is 13.6. The van der Waals surface area contributed by atoms with Crippen LogP contribution in [0, 0.1) is 5.92 Å². The number of anilines is 1. The first-order valence-electron chi connectivity index (χ1n) is 8.88. The third kappa shape index (κ3) is 3.63. The van der Waals surface area contributed by atoms with Crippen molar-refractivity contribution in [2.75, 3.05) is 38.0 Å². The topological polar surface area (TPSA) is 61.4 Å². The summed E-state index contributed by atoms with van der Waals surface area (Å²) in [6.07, 6.45) is 9.62. The minimum Gasteiger partial charge on any atom is -0.324 e. The molecule has 2 amide bonds. The van der Waals surface area contributed by atoms with E-state index in [1.165, 1.54) is 38.8 Å². The molecule has 0 aromatic carbocycles. The van der Waals surface area contributed by atoms with E-state index in [2.05, 4.69) is 20.2 Å². The number of aromatic nitrogens is 2. The van der Waals surface area contributed by atoms with Crippen LogP contribution in [0.25, 0.3) is 0 Å². The van der Waals surface area contributed by atoms with Gasteiger partial charge in [0.25, 0.3) is 0 Å². The number of carbonyl (C=O) groups excluding carboxylic acids is 1. The number of likely N-dealkylation sites (tertiary alicyclic amines) is 2. The molecule has 0 radical (unpaired) electrons. The normalized spacial score (nSPS) is 25.0.